The summed E-state index contributed by atoms with van der Waals surface area (Å²) >= 11 is 0. The zero-order chi connectivity index (χ0) is 25.0. The summed E-state index contributed by atoms with van der Waals surface area (Å²) in [6.45, 7) is 22.2. The van der Waals surface area contributed by atoms with E-state index >= 15 is 0 Å². The molecule has 10 unspecified atom stereocenters. The fourth-order valence-corrected chi connectivity index (χ4v) is 13.6. The Labute approximate surface area is 218 Å². The van der Waals surface area contributed by atoms with Gasteiger partial charge in [-0.1, -0.05) is 54.4 Å². The van der Waals surface area contributed by atoms with E-state index < -0.39 is 8.56 Å². The summed E-state index contributed by atoms with van der Waals surface area (Å²) in [5, 5.41) is 0. The van der Waals surface area contributed by atoms with Crippen LogP contribution in [-0.2, 0) is 8.85 Å². The van der Waals surface area contributed by atoms with E-state index in [0.717, 1.165) is 60.6 Å². The Morgan fingerprint density at radius 1 is 0.600 bits per heavy atom. The highest BCUT2D eigenvalue weighted by Gasteiger charge is 2.66. The summed E-state index contributed by atoms with van der Waals surface area (Å²) in [7, 11) is -2.14. The maximum absolute atomic E-state index is 6.91. The Balaban J connectivity index is 1.13. The van der Waals surface area contributed by atoms with Gasteiger partial charge in [0.05, 0.1) is 0 Å². The Morgan fingerprint density at radius 2 is 1.00 bits per heavy atom. The van der Waals surface area contributed by atoms with Crippen molar-refractivity contribution in [3.63, 3.8) is 0 Å². The zero-order valence-electron chi connectivity index (χ0n) is 24.4. The van der Waals surface area contributed by atoms with Crippen LogP contribution in [-0.4, -0.2) is 21.8 Å². The number of hydrogen-bond donors (Lipinski definition) is 0. The summed E-state index contributed by atoms with van der Waals surface area (Å²) in [6.07, 6.45) is 14.4. The molecule has 0 aromatic carbocycles. The van der Waals surface area contributed by atoms with Crippen molar-refractivity contribution in [2.75, 3.05) is 13.2 Å². The standard InChI is InChI=1S/C32H56O2Si/c1-29(2)15-9-17-31(5)23-13-11-21(27(23)29)25(31)19-33-35(7,8)34-20-26-22-12-14-24-28(22)30(3,4)16-10-18-32(24,26)6/h21-28H,9-20H2,1-8H3. The first kappa shape index (κ1) is 25.4. The molecule has 6 aliphatic carbocycles. The number of hydrogen-bond acceptors (Lipinski definition) is 2. The molecule has 0 saturated heterocycles. The van der Waals surface area contributed by atoms with Gasteiger partial charge in [0.2, 0.25) is 0 Å². The van der Waals surface area contributed by atoms with Gasteiger partial charge in [0, 0.05) is 13.2 Å². The predicted molar refractivity (Wildman–Crippen MR) is 147 cm³/mol. The van der Waals surface area contributed by atoms with Gasteiger partial charge in [-0.05, 0) is 133 Å². The van der Waals surface area contributed by atoms with Crippen molar-refractivity contribution in [3.8, 4) is 0 Å². The van der Waals surface area contributed by atoms with Crippen molar-refractivity contribution in [1.82, 2.24) is 0 Å². The Bertz CT molecular complexity index is 767. The molecule has 0 aromatic heterocycles. The minimum Gasteiger partial charge on any atom is -0.394 e. The average molecular weight is 501 g/mol. The largest absolute Gasteiger partial charge is 0.394 e. The molecule has 35 heavy (non-hydrogen) atoms. The molecule has 0 amide bonds. The van der Waals surface area contributed by atoms with E-state index in [-0.39, 0.29) is 0 Å². The molecular weight excluding hydrogens is 444 g/mol. The van der Waals surface area contributed by atoms with E-state index in [0.29, 0.717) is 21.7 Å². The quantitative estimate of drug-likeness (QED) is 0.339. The lowest BCUT2D eigenvalue weighted by Gasteiger charge is -2.44. The van der Waals surface area contributed by atoms with Gasteiger partial charge in [0.15, 0.2) is 0 Å². The van der Waals surface area contributed by atoms with Crippen LogP contribution in [0.4, 0.5) is 0 Å². The molecule has 6 aliphatic rings. The highest BCUT2D eigenvalue weighted by Crippen LogP contribution is 2.72. The van der Waals surface area contributed by atoms with Crippen molar-refractivity contribution >= 4 is 8.56 Å². The Morgan fingerprint density at radius 3 is 1.40 bits per heavy atom. The molecule has 0 aliphatic heterocycles. The fourth-order valence-electron chi connectivity index (χ4n) is 12.4. The maximum Gasteiger partial charge on any atom is 0.331 e. The third kappa shape index (κ3) is 3.66. The van der Waals surface area contributed by atoms with Crippen molar-refractivity contribution < 1.29 is 8.85 Å². The third-order valence-corrected chi connectivity index (χ3v) is 15.7. The van der Waals surface area contributed by atoms with Gasteiger partial charge in [0.25, 0.3) is 0 Å². The van der Waals surface area contributed by atoms with E-state index in [9.17, 15) is 0 Å². The minimum absolute atomic E-state index is 0.505. The fraction of sp³-hybridized carbons (Fsp3) is 1.00. The lowest BCUT2D eigenvalue weighted by molar-refractivity contribution is 0.0108. The highest BCUT2D eigenvalue weighted by atomic mass is 28.4. The first-order chi connectivity index (χ1) is 16.3. The second kappa shape index (κ2) is 8.07. The van der Waals surface area contributed by atoms with Crippen LogP contribution in [0.25, 0.3) is 0 Å². The molecule has 2 nitrogen and oxygen atoms in total. The lowest BCUT2D eigenvalue weighted by atomic mass is 9.65. The molecule has 6 saturated carbocycles. The van der Waals surface area contributed by atoms with Gasteiger partial charge in [0.1, 0.15) is 0 Å². The molecule has 6 fully saturated rings. The van der Waals surface area contributed by atoms with Crippen LogP contribution in [0.2, 0.25) is 13.1 Å². The van der Waals surface area contributed by atoms with Crippen molar-refractivity contribution in [1.29, 1.82) is 0 Å². The van der Waals surface area contributed by atoms with Crippen LogP contribution in [0, 0.1) is 69.0 Å². The Hall–Kier alpha value is 0.137. The van der Waals surface area contributed by atoms with Gasteiger partial charge in [-0.2, -0.15) is 0 Å². The minimum atomic E-state index is -2.14. The molecule has 10 atom stereocenters. The van der Waals surface area contributed by atoms with Crippen LogP contribution < -0.4 is 0 Å². The van der Waals surface area contributed by atoms with Crippen molar-refractivity contribution in [2.45, 2.75) is 119 Å². The van der Waals surface area contributed by atoms with Crippen molar-refractivity contribution in [3.05, 3.63) is 0 Å². The summed E-state index contributed by atoms with van der Waals surface area (Å²) in [5.74, 6) is 7.01. The summed E-state index contributed by atoms with van der Waals surface area (Å²) < 4.78 is 13.8. The first-order valence-electron chi connectivity index (χ1n) is 15.6. The van der Waals surface area contributed by atoms with Gasteiger partial charge < -0.3 is 8.85 Å². The molecule has 6 rings (SSSR count). The van der Waals surface area contributed by atoms with Gasteiger partial charge >= 0.3 is 8.56 Å². The van der Waals surface area contributed by atoms with E-state index in [2.05, 4.69) is 54.6 Å². The van der Waals surface area contributed by atoms with Gasteiger partial charge in [-0.25, -0.2) is 0 Å². The molecule has 0 aromatic rings. The van der Waals surface area contributed by atoms with E-state index in [1.54, 1.807) is 0 Å². The lowest BCUT2D eigenvalue weighted by Crippen LogP contribution is -2.45. The monoisotopic (exact) mass is 500 g/mol. The summed E-state index contributed by atoms with van der Waals surface area (Å²) in [5.41, 5.74) is 2.04. The second-order valence-corrected chi connectivity index (χ2v) is 20.1. The SMILES string of the molecule is CC1(C)CCCC2(C)C(CO[Si](C)(C)OCC3C4CCC5C4C(C)(C)CCCC35C)C3CCC2C31. The normalized spacial score (nSPS) is 51.4. The molecule has 0 spiro atoms. The molecule has 0 radical (unpaired) electrons. The molecule has 0 N–H and O–H groups in total. The Kier molecular flexibility index (Phi) is 5.86. The molecule has 0 heterocycles. The van der Waals surface area contributed by atoms with Gasteiger partial charge in [-0.3, -0.25) is 0 Å². The van der Waals surface area contributed by atoms with Crippen molar-refractivity contribution in [2.24, 2.45) is 69.0 Å². The highest BCUT2D eigenvalue weighted by molar-refractivity contribution is 6.64. The van der Waals surface area contributed by atoms with E-state index in [4.69, 9.17) is 8.85 Å². The zero-order valence-corrected chi connectivity index (χ0v) is 25.4. The van der Waals surface area contributed by atoms with Crippen LogP contribution in [0.5, 0.6) is 0 Å². The molecule has 3 heteroatoms. The summed E-state index contributed by atoms with van der Waals surface area (Å²) in [6, 6.07) is 0. The van der Waals surface area contributed by atoms with Crippen LogP contribution >= 0.6 is 0 Å². The average Bonchev–Trinajstić information content (AvgIpc) is 3.44. The van der Waals surface area contributed by atoms with Crippen LogP contribution in [0.1, 0.15) is 106 Å². The predicted octanol–water partition coefficient (Wildman–Crippen LogP) is 8.70. The topological polar surface area (TPSA) is 18.5 Å². The smallest absolute Gasteiger partial charge is 0.331 e. The van der Waals surface area contributed by atoms with E-state index in [1.165, 1.54) is 64.2 Å². The first-order valence-corrected chi connectivity index (χ1v) is 18.4. The molecule has 200 valence electrons. The van der Waals surface area contributed by atoms with Crippen LogP contribution in [0.3, 0.4) is 0 Å². The van der Waals surface area contributed by atoms with Crippen LogP contribution in [0.15, 0.2) is 0 Å². The maximum atomic E-state index is 6.91. The number of rotatable bonds is 6. The summed E-state index contributed by atoms with van der Waals surface area (Å²) in [4.78, 5) is 0. The second-order valence-electron chi connectivity index (χ2n) is 16.7. The molecular formula is C32H56O2Si. The van der Waals surface area contributed by atoms with E-state index in [1.807, 2.05) is 0 Å². The van der Waals surface area contributed by atoms with Gasteiger partial charge in [-0.15, -0.1) is 0 Å². The third-order valence-electron chi connectivity index (χ3n) is 13.9. The molecule has 8 bridgehead atoms.